The zero-order valence-electron chi connectivity index (χ0n) is 12.2. The third-order valence-electron chi connectivity index (χ3n) is 3.12. The summed E-state index contributed by atoms with van der Waals surface area (Å²) in [5.41, 5.74) is 1.43. The van der Waals surface area contributed by atoms with Crippen LogP contribution in [0.1, 0.15) is 25.8 Å². The molecule has 0 aromatic heterocycles. The topological polar surface area (TPSA) is 75.5 Å². The van der Waals surface area contributed by atoms with Crippen molar-refractivity contribution in [3.8, 4) is 0 Å². The van der Waals surface area contributed by atoms with Gasteiger partial charge in [0.15, 0.2) is 0 Å². The number of rotatable bonds is 7. The number of aryl methyl sites for hydroxylation is 1. The van der Waals surface area contributed by atoms with Gasteiger partial charge in [-0.25, -0.2) is 0 Å². The van der Waals surface area contributed by atoms with Gasteiger partial charge in [0.2, 0.25) is 5.91 Å². The first-order chi connectivity index (χ1) is 9.49. The Bertz CT molecular complexity index is 485. The van der Waals surface area contributed by atoms with Crippen LogP contribution < -0.4 is 5.32 Å². The molecule has 1 N–H and O–H groups in total. The molecule has 0 radical (unpaired) electrons. The third-order valence-corrected chi connectivity index (χ3v) is 3.12. The number of benzene rings is 1. The maximum absolute atomic E-state index is 11.8. The van der Waals surface area contributed by atoms with Crippen LogP contribution >= 0.6 is 0 Å². The molecule has 0 aliphatic heterocycles. The van der Waals surface area contributed by atoms with Gasteiger partial charge in [-0.15, -0.1) is 0 Å². The van der Waals surface area contributed by atoms with E-state index in [9.17, 15) is 14.9 Å². The van der Waals surface area contributed by atoms with Crippen LogP contribution in [0.3, 0.4) is 0 Å². The molecule has 0 bridgehead atoms. The SMILES string of the molecule is CCN(CC)C(=O)CCNc1cc(C)ccc1[N+](=O)[O-]. The van der Waals surface area contributed by atoms with Gasteiger partial charge in [-0.1, -0.05) is 6.07 Å². The van der Waals surface area contributed by atoms with Crippen LogP contribution in [0.25, 0.3) is 0 Å². The second kappa shape index (κ2) is 7.47. The van der Waals surface area contributed by atoms with Gasteiger partial charge >= 0.3 is 0 Å². The van der Waals surface area contributed by atoms with Crippen LogP contribution in [-0.2, 0) is 4.79 Å². The highest BCUT2D eigenvalue weighted by Crippen LogP contribution is 2.25. The molecule has 0 aliphatic carbocycles. The van der Waals surface area contributed by atoms with Gasteiger partial charge in [0.05, 0.1) is 4.92 Å². The summed E-state index contributed by atoms with van der Waals surface area (Å²) in [5.74, 6) is 0.0535. The minimum Gasteiger partial charge on any atom is -0.379 e. The average Bonchev–Trinajstić information content (AvgIpc) is 2.39. The first-order valence-electron chi connectivity index (χ1n) is 6.76. The molecule has 0 spiro atoms. The lowest BCUT2D eigenvalue weighted by atomic mass is 10.2. The fourth-order valence-electron chi connectivity index (χ4n) is 1.99. The minimum absolute atomic E-state index is 0.0332. The maximum Gasteiger partial charge on any atom is 0.292 e. The number of nitro groups is 1. The lowest BCUT2D eigenvalue weighted by molar-refractivity contribution is -0.384. The van der Waals surface area contributed by atoms with E-state index in [4.69, 9.17) is 0 Å². The van der Waals surface area contributed by atoms with Crippen LogP contribution in [0.15, 0.2) is 18.2 Å². The average molecular weight is 279 g/mol. The molecule has 1 rings (SSSR count). The number of hydrogen-bond donors (Lipinski definition) is 1. The van der Waals surface area contributed by atoms with Crippen molar-refractivity contribution in [2.24, 2.45) is 0 Å². The molecule has 20 heavy (non-hydrogen) atoms. The molecular weight excluding hydrogens is 258 g/mol. The van der Waals surface area contributed by atoms with Crippen LogP contribution in [0.4, 0.5) is 11.4 Å². The summed E-state index contributed by atoms with van der Waals surface area (Å²) < 4.78 is 0. The Kier molecular flexibility index (Phi) is 5.96. The van der Waals surface area contributed by atoms with Gasteiger partial charge in [0.25, 0.3) is 5.69 Å². The molecule has 0 atom stereocenters. The molecule has 110 valence electrons. The molecule has 1 aromatic carbocycles. The van der Waals surface area contributed by atoms with Crippen molar-refractivity contribution < 1.29 is 9.72 Å². The Balaban J connectivity index is 2.64. The van der Waals surface area contributed by atoms with Gasteiger partial charge in [-0.2, -0.15) is 0 Å². The number of carbonyl (C=O) groups is 1. The van der Waals surface area contributed by atoms with Crippen LogP contribution in [-0.4, -0.2) is 35.4 Å². The Hall–Kier alpha value is -2.11. The van der Waals surface area contributed by atoms with E-state index in [1.54, 1.807) is 17.0 Å². The highest BCUT2D eigenvalue weighted by atomic mass is 16.6. The highest BCUT2D eigenvalue weighted by molar-refractivity contribution is 5.77. The number of anilines is 1. The minimum atomic E-state index is -0.423. The summed E-state index contributed by atoms with van der Waals surface area (Å²) in [6.45, 7) is 7.48. The summed E-state index contributed by atoms with van der Waals surface area (Å²) in [7, 11) is 0. The first kappa shape index (κ1) is 15.9. The summed E-state index contributed by atoms with van der Waals surface area (Å²) in [6.07, 6.45) is 0.326. The Morgan fingerprint density at radius 2 is 2.00 bits per heavy atom. The van der Waals surface area contributed by atoms with E-state index in [-0.39, 0.29) is 11.6 Å². The van der Waals surface area contributed by atoms with Crippen molar-refractivity contribution in [1.29, 1.82) is 0 Å². The second-order valence-corrected chi connectivity index (χ2v) is 4.52. The molecule has 0 fully saturated rings. The van der Waals surface area contributed by atoms with Gasteiger partial charge in [-0.3, -0.25) is 14.9 Å². The van der Waals surface area contributed by atoms with Gasteiger partial charge in [-0.05, 0) is 32.4 Å². The molecule has 0 unspecified atom stereocenters. The highest BCUT2D eigenvalue weighted by Gasteiger charge is 2.14. The standard InChI is InChI=1S/C14H21N3O3/c1-4-16(5-2)14(18)8-9-15-12-10-11(3)6-7-13(12)17(19)20/h6-7,10,15H,4-5,8-9H2,1-3H3. The number of hydrogen-bond acceptors (Lipinski definition) is 4. The Morgan fingerprint density at radius 3 is 2.55 bits per heavy atom. The predicted molar refractivity (Wildman–Crippen MR) is 78.9 cm³/mol. The zero-order chi connectivity index (χ0) is 15.1. The van der Waals surface area contributed by atoms with Gasteiger partial charge < -0.3 is 10.2 Å². The van der Waals surface area contributed by atoms with Crippen molar-refractivity contribution >= 4 is 17.3 Å². The van der Waals surface area contributed by atoms with Crippen LogP contribution in [0.2, 0.25) is 0 Å². The van der Waals surface area contributed by atoms with E-state index in [0.717, 1.165) is 5.56 Å². The van der Waals surface area contributed by atoms with E-state index in [1.165, 1.54) is 6.07 Å². The van der Waals surface area contributed by atoms with Crippen LogP contribution in [0, 0.1) is 17.0 Å². The van der Waals surface area contributed by atoms with E-state index in [0.29, 0.717) is 31.7 Å². The van der Waals surface area contributed by atoms with E-state index >= 15 is 0 Å². The molecule has 6 heteroatoms. The molecule has 1 amide bonds. The Morgan fingerprint density at radius 1 is 1.35 bits per heavy atom. The lowest BCUT2D eigenvalue weighted by Gasteiger charge is -2.18. The molecular formula is C14H21N3O3. The smallest absolute Gasteiger partial charge is 0.292 e. The number of carbonyl (C=O) groups excluding carboxylic acids is 1. The summed E-state index contributed by atoms with van der Waals surface area (Å²) in [4.78, 5) is 24.1. The monoisotopic (exact) mass is 279 g/mol. The normalized spacial score (nSPS) is 10.2. The van der Waals surface area contributed by atoms with Crippen molar-refractivity contribution in [1.82, 2.24) is 4.90 Å². The molecule has 1 aromatic rings. The maximum atomic E-state index is 11.8. The number of amides is 1. The van der Waals surface area contributed by atoms with E-state index < -0.39 is 4.92 Å². The van der Waals surface area contributed by atoms with E-state index in [2.05, 4.69) is 5.32 Å². The number of nitrogens with one attached hydrogen (secondary N) is 1. The fourth-order valence-corrected chi connectivity index (χ4v) is 1.99. The van der Waals surface area contributed by atoms with Gasteiger partial charge in [0, 0.05) is 32.1 Å². The Labute approximate surface area is 118 Å². The molecule has 0 saturated heterocycles. The third kappa shape index (κ3) is 4.22. The van der Waals surface area contributed by atoms with Crippen molar-refractivity contribution in [2.45, 2.75) is 27.2 Å². The fraction of sp³-hybridized carbons (Fsp3) is 0.500. The molecule has 0 heterocycles. The van der Waals surface area contributed by atoms with Crippen molar-refractivity contribution in [2.75, 3.05) is 25.0 Å². The quantitative estimate of drug-likeness (QED) is 0.615. The van der Waals surface area contributed by atoms with Gasteiger partial charge in [0.1, 0.15) is 5.69 Å². The summed E-state index contributed by atoms with van der Waals surface area (Å²) >= 11 is 0. The molecule has 0 saturated carbocycles. The van der Waals surface area contributed by atoms with Crippen molar-refractivity contribution in [3.63, 3.8) is 0 Å². The van der Waals surface area contributed by atoms with Crippen LogP contribution in [0.5, 0.6) is 0 Å². The molecule has 6 nitrogen and oxygen atoms in total. The summed E-state index contributed by atoms with van der Waals surface area (Å²) in [6, 6.07) is 4.90. The predicted octanol–water partition coefficient (Wildman–Crippen LogP) is 2.57. The lowest BCUT2D eigenvalue weighted by Crippen LogP contribution is -2.31. The second-order valence-electron chi connectivity index (χ2n) is 4.52. The van der Waals surface area contributed by atoms with Crippen molar-refractivity contribution in [3.05, 3.63) is 33.9 Å². The number of nitrogens with zero attached hydrogens (tertiary/aromatic N) is 2. The molecule has 0 aliphatic rings. The number of nitro benzene ring substituents is 1. The van der Waals surface area contributed by atoms with E-state index in [1.807, 2.05) is 20.8 Å². The zero-order valence-corrected chi connectivity index (χ0v) is 12.2. The largest absolute Gasteiger partial charge is 0.379 e. The first-order valence-corrected chi connectivity index (χ1v) is 6.76. The summed E-state index contributed by atoms with van der Waals surface area (Å²) in [5, 5.41) is 13.9.